The van der Waals surface area contributed by atoms with E-state index in [1.807, 2.05) is 23.9 Å². The number of carbonyl (C=O) groups excluding carboxylic acids is 2. The number of hydrogen-bond donors (Lipinski definition) is 1. The largest absolute Gasteiger partial charge is 0.325 e. The van der Waals surface area contributed by atoms with Crippen LogP contribution in [0.3, 0.4) is 0 Å². The minimum atomic E-state index is 0.0465. The quantitative estimate of drug-likeness (QED) is 0.799. The van der Waals surface area contributed by atoms with Crippen molar-refractivity contribution in [1.29, 1.82) is 0 Å². The summed E-state index contributed by atoms with van der Waals surface area (Å²) in [6, 6.07) is 7.16. The summed E-state index contributed by atoms with van der Waals surface area (Å²) in [6.45, 7) is 1.55. The van der Waals surface area contributed by atoms with Gasteiger partial charge >= 0.3 is 0 Å². The Labute approximate surface area is 148 Å². The van der Waals surface area contributed by atoms with Crippen molar-refractivity contribution in [2.45, 2.75) is 50.2 Å². The number of amides is 1. The normalized spacial score (nSPS) is 33.5. The highest BCUT2D eigenvalue weighted by Gasteiger charge is 2.51. The molecule has 4 heteroatoms. The fourth-order valence-corrected chi connectivity index (χ4v) is 6.98. The Morgan fingerprint density at radius 3 is 2.08 bits per heavy atom. The molecule has 0 atom stereocenters. The number of benzene rings is 1. The molecule has 1 amide bonds. The van der Waals surface area contributed by atoms with E-state index in [-0.39, 0.29) is 11.7 Å². The minimum Gasteiger partial charge on any atom is -0.325 e. The van der Waals surface area contributed by atoms with Crippen molar-refractivity contribution in [1.82, 2.24) is 0 Å². The predicted octanol–water partition coefficient (Wildman–Crippen LogP) is 4.53. The molecule has 4 aliphatic carbocycles. The Morgan fingerprint density at radius 1 is 1.04 bits per heavy atom. The SMILES string of the molecule is CC(=O)c1ccc(NC(=O)CSC23CC4CC(CC(C4)C2)C3)cc1. The first-order valence-electron chi connectivity index (χ1n) is 9.06. The average molecular weight is 343 g/mol. The summed E-state index contributed by atoms with van der Waals surface area (Å²) < 4.78 is 0.380. The number of carbonyl (C=O) groups is 2. The molecule has 4 aliphatic rings. The van der Waals surface area contributed by atoms with Gasteiger partial charge in [0.2, 0.25) is 5.91 Å². The molecule has 24 heavy (non-hydrogen) atoms. The molecule has 5 rings (SSSR count). The maximum Gasteiger partial charge on any atom is 0.234 e. The lowest BCUT2D eigenvalue weighted by Gasteiger charge is -2.56. The Kier molecular flexibility index (Phi) is 4.19. The van der Waals surface area contributed by atoms with Crippen LogP contribution in [0.5, 0.6) is 0 Å². The third-order valence-corrected chi connectivity index (χ3v) is 7.59. The summed E-state index contributed by atoms with van der Waals surface area (Å²) in [4.78, 5) is 23.6. The molecule has 0 unspecified atom stereocenters. The summed E-state index contributed by atoms with van der Waals surface area (Å²) in [7, 11) is 0. The highest BCUT2D eigenvalue weighted by molar-refractivity contribution is 8.01. The molecule has 0 spiro atoms. The monoisotopic (exact) mass is 343 g/mol. The van der Waals surface area contributed by atoms with Crippen molar-refractivity contribution in [2.75, 3.05) is 11.1 Å². The highest BCUT2D eigenvalue weighted by atomic mass is 32.2. The van der Waals surface area contributed by atoms with E-state index in [0.717, 1.165) is 23.4 Å². The van der Waals surface area contributed by atoms with E-state index in [0.29, 0.717) is 16.1 Å². The molecule has 128 valence electrons. The van der Waals surface area contributed by atoms with Gasteiger partial charge in [0.25, 0.3) is 0 Å². The van der Waals surface area contributed by atoms with Crippen molar-refractivity contribution in [3.8, 4) is 0 Å². The highest BCUT2D eigenvalue weighted by Crippen LogP contribution is 2.60. The smallest absolute Gasteiger partial charge is 0.234 e. The Hall–Kier alpha value is -1.29. The fraction of sp³-hybridized carbons (Fsp3) is 0.600. The van der Waals surface area contributed by atoms with Crippen LogP contribution in [0.4, 0.5) is 5.69 Å². The summed E-state index contributed by atoms with van der Waals surface area (Å²) in [5.74, 6) is 3.43. The Morgan fingerprint density at radius 2 is 1.58 bits per heavy atom. The summed E-state index contributed by atoms with van der Waals surface area (Å²) in [5, 5.41) is 2.97. The van der Waals surface area contributed by atoms with Gasteiger partial charge in [0.05, 0.1) is 5.75 Å². The van der Waals surface area contributed by atoms with E-state index < -0.39 is 0 Å². The van der Waals surface area contributed by atoms with Crippen molar-refractivity contribution in [2.24, 2.45) is 17.8 Å². The average Bonchev–Trinajstić information content (AvgIpc) is 2.52. The zero-order valence-electron chi connectivity index (χ0n) is 14.2. The van der Waals surface area contributed by atoms with Gasteiger partial charge in [-0.2, -0.15) is 0 Å². The molecule has 1 aromatic rings. The molecule has 4 bridgehead atoms. The first-order chi connectivity index (χ1) is 11.5. The second-order valence-electron chi connectivity index (χ2n) is 8.07. The van der Waals surface area contributed by atoms with Crippen LogP contribution >= 0.6 is 11.8 Å². The lowest BCUT2D eigenvalue weighted by atomic mass is 9.56. The molecule has 0 radical (unpaired) electrons. The number of hydrogen-bond acceptors (Lipinski definition) is 3. The minimum absolute atomic E-state index is 0.0465. The van der Waals surface area contributed by atoms with Crippen LogP contribution in [0, 0.1) is 17.8 Å². The van der Waals surface area contributed by atoms with Crippen LogP contribution in [0.2, 0.25) is 0 Å². The van der Waals surface area contributed by atoms with E-state index in [9.17, 15) is 9.59 Å². The third kappa shape index (κ3) is 3.26. The molecule has 0 aromatic heterocycles. The van der Waals surface area contributed by atoms with Crippen LogP contribution in [0.1, 0.15) is 55.8 Å². The second kappa shape index (κ2) is 6.21. The molecular formula is C20H25NO2S. The van der Waals surface area contributed by atoms with Crippen LogP contribution in [0.15, 0.2) is 24.3 Å². The molecule has 4 saturated carbocycles. The number of thioether (sulfide) groups is 1. The lowest BCUT2D eigenvalue weighted by molar-refractivity contribution is -0.113. The van der Waals surface area contributed by atoms with Crippen LogP contribution in [-0.4, -0.2) is 22.2 Å². The van der Waals surface area contributed by atoms with Gasteiger partial charge in [-0.3, -0.25) is 9.59 Å². The van der Waals surface area contributed by atoms with E-state index in [1.165, 1.54) is 38.5 Å². The van der Waals surface area contributed by atoms with Crippen molar-refractivity contribution < 1.29 is 9.59 Å². The molecular weight excluding hydrogens is 318 g/mol. The van der Waals surface area contributed by atoms with Gasteiger partial charge < -0.3 is 5.32 Å². The maximum absolute atomic E-state index is 12.3. The van der Waals surface area contributed by atoms with Crippen molar-refractivity contribution in [3.63, 3.8) is 0 Å². The zero-order chi connectivity index (χ0) is 16.7. The number of rotatable bonds is 5. The maximum atomic E-state index is 12.3. The first kappa shape index (κ1) is 16.2. The first-order valence-corrected chi connectivity index (χ1v) is 10.0. The van der Waals surface area contributed by atoms with Crippen LogP contribution in [0.25, 0.3) is 0 Å². The predicted molar refractivity (Wildman–Crippen MR) is 98.4 cm³/mol. The van der Waals surface area contributed by atoms with Gasteiger partial charge in [0.15, 0.2) is 5.78 Å². The van der Waals surface area contributed by atoms with Crippen molar-refractivity contribution in [3.05, 3.63) is 29.8 Å². The number of anilines is 1. The molecule has 0 heterocycles. The summed E-state index contributed by atoms with van der Waals surface area (Å²) in [5.41, 5.74) is 1.45. The molecule has 1 aromatic carbocycles. The van der Waals surface area contributed by atoms with Crippen LogP contribution < -0.4 is 5.32 Å². The van der Waals surface area contributed by atoms with E-state index in [1.54, 1.807) is 19.1 Å². The second-order valence-corrected chi connectivity index (χ2v) is 9.51. The van der Waals surface area contributed by atoms with Gasteiger partial charge in [-0.1, -0.05) is 0 Å². The summed E-state index contributed by atoms with van der Waals surface area (Å²) >= 11 is 1.90. The fourth-order valence-electron chi connectivity index (χ4n) is 5.41. The standard InChI is InChI=1S/C20H25NO2S/c1-13(22)17-2-4-18(5-3-17)21-19(23)12-24-20-9-14-6-15(10-20)8-16(7-14)11-20/h2-5,14-16H,6-12H2,1H3,(H,21,23). The van der Waals surface area contributed by atoms with Crippen molar-refractivity contribution >= 4 is 29.1 Å². The zero-order valence-corrected chi connectivity index (χ0v) is 15.0. The molecule has 3 nitrogen and oxygen atoms in total. The molecule has 0 saturated heterocycles. The Bertz CT molecular complexity index is 617. The van der Waals surface area contributed by atoms with Gasteiger partial charge in [0, 0.05) is 16.0 Å². The number of ketones is 1. The topological polar surface area (TPSA) is 46.2 Å². The van der Waals surface area contributed by atoms with Gasteiger partial charge in [-0.05, 0) is 87.5 Å². The van der Waals surface area contributed by atoms with E-state index >= 15 is 0 Å². The summed E-state index contributed by atoms with van der Waals surface area (Å²) in [6.07, 6.45) is 8.29. The number of Topliss-reactive ketones (excluding diaryl/α,β-unsaturated/α-hetero) is 1. The molecule has 0 aliphatic heterocycles. The van der Waals surface area contributed by atoms with Gasteiger partial charge in [-0.25, -0.2) is 0 Å². The Balaban J connectivity index is 1.33. The van der Waals surface area contributed by atoms with E-state index in [4.69, 9.17) is 0 Å². The van der Waals surface area contributed by atoms with Crippen LogP contribution in [-0.2, 0) is 4.79 Å². The van der Waals surface area contributed by atoms with E-state index in [2.05, 4.69) is 5.32 Å². The third-order valence-electron chi connectivity index (χ3n) is 6.07. The molecule has 4 fully saturated rings. The van der Waals surface area contributed by atoms with Gasteiger partial charge in [0.1, 0.15) is 0 Å². The van der Waals surface area contributed by atoms with Gasteiger partial charge in [-0.15, -0.1) is 11.8 Å². The lowest BCUT2D eigenvalue weighted by Crippen LogP contribution is -2.49. The number of nitrogens with one attached hydrogen (secondary N) is 1. The molecule has 1 N–H and O–H groups in total.